The van der Waals surface area contributed by atoms with E-state index in [1.54, 1.807) is 24.3 Å². The van der Waals surface area contributed by atoms with Crippen molar-refractivity contribution in [3.8, 4) is 5.75 Å². The summed E-state index contributed by atoms with van der Waals surface area (Å²) in [4.78, 5) is 33.6. The summed E-state index contributed by atoms with van der Waals surface area (Å²) < 4.78 is 9.76. The van der Waals surface area contributed by atoms with Crippen LogP contribution in [0.25, 0.3) is 0 Å². The van der Waals surface area contributed by atoms with Crippen molar-refractivity contribution in [3.63, 3.8) is 0 Å². The van der Waals surface area contributed by atoms with Gasteiger partial charge in [0.05, 0.1) is 0 Å². The second-order valence-electron chi connectivity index (χ2n) is 5.24. The van der Waals surface area contributed by atoms with Crippen LogP contribution in [0.3, 0.4) is 0 Å². The Balaban J connectivity index is 2.52. The normalized spacial score (nSPS) is 14.3. The van der Waals surface area contributed by atoms with Crippen molar-refractivity contribution in [3.05, 3.63) is 29.8 Å². The van der Waals surface area contributed by atoms with Crippen LogP contribution in [0.2, 0.25) is 0 Å². The number of aliphatic carboxylic acids is 1. The molecule has 0 spiro atoms. The van der Waals surface area contributed by atoms with Crippen LogP contribution in [0, 0.1) is 0 Å². The summed E-state index contributed by atoms with van der Waals surface area (Å²) in [5, 5.41) is 8.60. The third kappa shape index (κ3) is 6.32. The van der Waals surface area contributed by atoms with Gasteiger partial charge in [-0.25, -0.2) is 4.79 Å². The van der Waals surface area contributed by atoms with Crippen LogP contribution in [0.15, 0.2) is 24.3 Å². The number of carbonyl (C=O) groups excluding carboxylic acids is 2. The molecule has 132 valence electrons. The third-order valence-electron chi connectivity index (χ3n) is 2.99. The lowest BCUT2D eigenvalue weighted by Crippen LogP contribution is -2.40. The molecule has 0 saturated carbocycles. The zero-order valence-corrected chi connectivity index (χ0v) is 13.2. The van der Waals surface area contributed by atoms with Gasteiger partial charge >= 0.3 is 17.9 Å². The lowest BCUT2D eigenvalue weighted by molar-refractivity contribution is -0.149. The fraction of sp³-hybridized carbons (Fsp3) is 0.400. The van der Waals surface area contributed by atoms with E-state index in [1.807, 2.05) is 0 Å². The Morgan fingerprint density at radius 2 is 1.62 bits per heavy atom. The lowest BCUT2D eigenvalue weighted by Gasteiger charge is -2.13. The maximum absolute atomic E-state index is 11.7. The van der Waals surface area contributed by atoms with Crippen molar-refractivity contribution in [2.75, 3.05) is 6.61 Å². The Bertz CT molecular complexity index is 587. The van der Waals surface area contributed by atoms with Gasteiger partial charge in [0.1, 0.15) is 30.5 Å². The van der Waals surface area contributed by atoms with E-state index >= 15 is 0 Å². The van der Waals surface area contributed by atoms with Crippen LogP contribution in [0.4, 0.5) is 0 Å². The molecule has 3 atom stereocenters. The van der Waals surface area contributed by atoms with E-state index < -0.39 is 42.6 Å². The van der Waals surface area contributed by atoms with Crippen LogP contribution in [0.1, 0.15) is 12.5 Å². The number of esters is 2. The maximum atomic E-state index is 11.7. The molecule has 0 aromatic heterocycles. The minimum Gasteiger partial charge on any atom is -0.480 e. The van der Waals surface area contributed by atoms with Gasteiger partial charge in [-0.2, -0.15) is 0 Å². The number of carboxylic acid groups (broad SMARTS) is 1. The molecule has 0 bridgehead atoms. The predicted octanol–water partition coefficient (Wildman–Crippen LogP) is -1.24. The molecule has 1 aromatic rings. The van der Waals surface area contributed by atoms with E-state index in [4.69, 9.17) is 31.8 Å². The van der Waals surface area contributed by atoms with Crippen LogP contribution < -0.4 is 21.9 Å². The van der Waals surface area contributed by atoms with E-state index in [0.717, 1.165) is 0 Å². The van der Waals surface area contributed by atoms with Gasteiger partial charge in [0.25, 0.3) is 0 Å². The SMILES string of the molecule is C[C@H](N)C(=O)Oc1ccc(C[C@H](N)C(=O)OC[C@H](N)C(=O)O)cc1. The van der Waals surface area contributed by atoms with E-state index in [2.05, 4.69) is 0 Å². The monoisotopic (exact) mass is 339 g/mol. The van der Waals surface area contributed by atoms with E-state index in [0.29, 0.717) is 11.3 Å². The van der Waals surface area contributed by atoms with Gasteiger partial charge in [-0.15, -0.1) is 0 Å². The van der Waals surface area contributed by atoms with Crippen molar-refractivity contribution in [2.45, 2.75) is 31.5 Å². The highest BCUT2D eigenvalue weighted by atomic mass is 16.5. The number of ether oxygens (including phenoxy) is 2. The molecule has 0 aliphatic heterocycles. The second kappa shape index (κ2) is 8.96. The summed E-state index contributed by atoms with van der Waals surface area (Å²) in [6, 6.07) is 3.38. The average Bonchev–Trinajstić information content (AvgIpc) is 2.53. The van der Waals surface area contributed by atoms with Gasteiger partial charge in [0, 0.05) is 0 Å². The molecule has 0 aliphatic rings. The van der Waals surface area contributed by atoms with E-state index in [9.17, 15) is 14.4 Å². The largest absolute Gasteiger partial charge is 0.480 e. The molecule has 1 aromatic carbocycles. The molecule has 0 amide bonds. The standard InChI is InChI=1S/C15H21N3O6/c1-8(16)14(21)24-10-4-2-9(3-5-10)6-11(17)15(22)23-7-12(18)13(19)20/h2-5,8,11-12H,6-7,16-18H2,1H3,(H,19,20)/t8-,11-,12-/m0/s1. The number of nitrogens with two attached hydrogens (primary N) is 3. The minimum atomic E-state index is -1.29. The third-order valence-corrected chi connectivity index (χ3v) is 2.99. The molecule has 9 heteroatoms. The predicted molar refractivity (Wildman–Crippen MR) is 84.0 cm³/mol. The molecular weight excluding hydrogens is 318 g/mol. The molecule has 1 rings (SSSR count). The number of hydrogen-bond donors (Lipinski definition) is 4. The van der Waals surface area contributed by atoms with Gasteiger partial charge in [-0.05, 0) is 31.0 Å². The summed E-state index contributed by atoms with van der Waals surface area (Å²) in [5.74, 6) is -2.25. The Labute approximate surface area is 138 Å². The van der Waals surface area contributed by atoms with Crippen molar-refractivity contribution in [1.82, 2.24) is 0 Å². The smallest absolute Gasteiger partial charge is 0.328 e. The van der Waals surface area contributed by atoms with Crippen LogP contribution in [0.5, 0.6) is 5.75 Å². The van der Waals surface area contributed by atoms with Crippen molar-refractivity contribution in [1.29, 1.82) is 0 Å². The second-order valence-corrected chi connectivity index (χ2v) is 5.24. The first-order valence-electron chi connectivity index (χ1n) is 7.17. The quantitative estimate of drug-likeness (QED) is 0.334. The molecule has 0 saturated heterocycles. The Morgan fingerprint density at radius 1 is 1.04 bits per heavy atom. The Morgan fingerprint density at radius 3 is 2.12 bits per heavy atom. The molecule has 0 fully saturated rings. The molecule has 0 heterocycles. The summed E-state index contributed by atoms with van der Waals surface area (Å²) in [6.45, 7) is 1.06. The van der Waals surface area contributed by atoms with Gasteiger partial charge in [0.2, 0.25) is 0 Å². The number of hydrogen-bond acceptors (Lipinski definition) is 8. The first kappa shape index (κ1) is 19.6. The zero-order chi connectivity index (χ0) is 18.3. The zero-order valence-electron chi connectivity index (χ0n) is 13.2. The first-order chi connectivity index (χ1) is 11.2. The minimum absolute atomic E-state index is 0.169. The molecule has 24 heavy (non-hydrogen) atoms. The highest BCUT2D eigenvalue weighted by molar-refractivity contribution is 5.78. The lowest BCUT2D eigenvalue weighted by atomic mass is 10.1. The number of benzene rings is 1. The average molecular weight is 339 g/mol. The number of carboxylic acids is 1. The van der Waals surface area contributed by atoms with Crippen LogP contribution in [-0.2, 0) is 25.5 Å². The number of rotatable bonds is 8. The van der Waals surface area contributed by atoms with Crippen molar-refractivity contribution in [2.24, 2.45) is 17.2 Å². The summed E-state index contributed by atoms with van der Waals surface area (Å²) in [6.07, 6.45) is 0.169. The Hall–Kier alpha value is -2.49. The van der Waals surface area contributed by atoms with E-state index in [1.165, 1.54) is 6.92 Å². The van der Waals surface area contributed by atoms with E-state index in [-0.39, 0.29) is 6.42 Å². The molecule has 0 unspecified atom stereocenters. The van der Waals surface area contributed by atoms with Gasteiger partial charge in [-0.1, -0.05) is 12.1 Å². The summed E-state index contributed by atoms with van der Waals surface area (Å²) >= 11 is 0. The van der Waals surface area contributed by atoms with Crippen molar-refractivity contribution < 1.29 is 29.0 Å². The van der Waals surface area contributed by atoms with Crippen LogP contribution >= 0.6 is 0 Å². The fourth-order valence-corrected chi connectivity index (χ4v) is 1.59. The first-order valence-corrected chi connectivity index (χ1v) is 7.17. The fourth-order valence-electron chi connectivity index (χ4n) is 1.59. The molecule has 7 N–H and O–H groups in total. The van der Waals surface area contributed by atoms with Gasteiger partial charge in [-0.3, -0.25) is 9.59 Å². The molecular formula is C15H21N3O6. The maximum Gasteiger partial charge on any atom is 0.328 e. The van der Waals surface area contributed by atoms with Crippen molar-refractivity contribution >= 4 is 17.9 Å². The molecule has 9 nitrogen and oxygen atoms in total. The summed E-state index contributed by atoms with van der Waals surface area (Å²) in [5.41, 5.74) is 17.0. The Kier molecular flexibility index (Phi) is 7.31. The number of carbonyl (C=O) groups is 3. The highest BCUT2D eigenvalue weighted by Gasteiger charge is 2.19. The highest BCUT2D eigenvalue weighted by Crippen LogP contribution is 2.14. The van der Waals surface area contributed by atoms with Crippen LogP contribution in [-0.4, -0.2) is 47.7 Å². The molecule has 0 radical (unpaired) electrons. The topological polar surface area (TPSA) is 168 Å². The molecule has 0 aliphatic carbocycles. The van der Waals surface area contributed by atoms with Gasteiger partial charge in [0.15, 0.2) is 0 Å². The summed E-state index contributed by atoms with van der Waals surface area (Å²) in [7, 11) is 0. The van der Waals surface area contributed by atoms with Gasteiger partial charge < -0.3 is 31.8 Å².